The van der Waals surface area contributed by atoms with E-state index < -0.39 is 11.2 Å². The third kappa shape index (κ3) is 4.82. The first-order chi connectivity index (χ1) is 11.0. The zero-order valence-electron chi connectivity index (χ0n) is 12.8. The molecule has 0 radical (unpaired) electrons. The van der Waals surface area contributed by atoms with Crippen molar-refractivity contribution < 1.29 is 19.4 Å². The summed E-state index contributed by atoms with van der Waals surface area (Å²) in [5.74, 6) is -0.554. The van der Waals surface area contributed by atoms with Gasteiger partial charge in [-0.25, -0.2) is 0 Å². The van der Waals surface area contributed by atoms with E-state index in [0.29, 0.717) is 11.8 Å². The van der Waals surface area contributed by atoms with Crippen LogP contribution in [0.3, 0.4) is 0 Å². The van der Waals surface area contributed by atoms with Gasteiger partial charge in [0.05, 0.1) is 19.2 Å². The summed E-state index contributed by atoms with van der Waals surface area (Å²) in [4.78, 5) is 22.2. The average molecular weight is 335 g/mol. The van der Waals surface area contributed by atoms with E-state index >= 15 is 0 Å². The Balaban J connectivity index is 2.00. The van der Waals surface area contributed by atoms with Crippen LogP contribution in [0.4, 0.5) is 0 Å². The van der Waals surface area contributed by atoms with Gasteiger partial charge in [-0.2, -0.15) is 5.10 Å². The van der Waals surface area contributed by atoms with Gasteiger partial charge in [0.1, 0.15) is 11.0 Å². The maximum Gasteiger partial charge on any atom is 0.305 e. The highest BCUT2D eigenvalue weighted by Gasteiger charge is 2.32. The Labute approximate surface area is 137 Å². The van der Waals surface area contributed by atoms with E-state index in [4.69, 9.17) is 9.84 Å². The van der Waals surface area contributed by atoms with Gasteiger partial charge < -0.3 is 15.2 Å². The standard InChI is InChI=1S/C15H17N3O4S/c1-3-22-11-5-4-10(6-9(11)2)8-16-18-15-17-14(21)12(23-15)7-13(19)20/h4-6,8,12H,3,7H2,1-2H3,(H,19,20)(H,17,18,21). The molecular formula is C15H17N3O4S. The predicted molar refractivity (Wildman–Crippen MR) is 89.2 cm³/mol. The van der Waals surface area contributed by atoms with Gasteiger partial charge in [-0.05, 0) is 43.2 Å². The number of thioether (sulfide) groups is 1. The fourth-order valence-corrected chi connectivity index (χ4v) is 2.88. The number of carboxylic acid groups (broad SMARTS) is 1. The molecule has 1 amide bonds. The van der Waals surface area contributed by atoms with Crippen LogP contribution in [0.5, 0.6) is 5.75 Å². The molecule has 0 spiro atoms. The minimum atomic E-state index is -1.02. The topological polar surface area (TPSA) is 100 Å². The van der Waals surface area contributed by atoms with Crippen LogP contribution in [0.25, 0.3) is 0 Å². The Morgan fingerprint density at radius 3 is 2.96 bits per heavy atom. The zero-order chi connectivity index (χ0) is 16.8. The molecule has 1 atom stereocenters. The van der Waals surface area contributed by atoms with Crippen molar-refractivity contribution in [3.63, 3.8) is 0 Å². The van der Waals surface area contributed by atoms with Gasteiger partial charge >= 0.3 is 5.97 Å². The third-order valence-corrected chi connectivity index (χ3v) is 4.06. The van der Waals surface area contributed by atoms with E-state index in [1.807, 2.05) is 32.0 Å². The highest BCUT2D eigenvalue weighted by atomic mass is 32.2. The van der Waals surface area contributed by atoms with Gasteiger partial charge in [-0.1, -0.05) is 11.8 Å². The van der Waals surface area contributed by atoms with Crippen LogP contribution in [0, 0.1) is 6.92 Å². The summed E-state index contributed by atoms with van der Waals surface area (Å²) in [6.07, 6.45) is 1.32. The van der Waals surface area contributed by atoms with Crippen LogP contribution in [-0.4, -0.2) is 40.2 Å². The molecule has 1 aromatic carbocycles. The third-order valence-electron chi connectivity index (χ3n) is 2.99. The van der Waals surface area contributed by atoms with Gasteiger partial charge in [-0.3, -0.25) is 9.59 Å². The summed E-state index contributed by atoms with van der Waals surface area (Å²) in [5, 5.41) is 18.7. The molecule has 8 heteroatoms. The molecule has 0 saturated carbocycles. The van der Waals surface area contributed by atoms with E-state index in [-0.39, 0.29) is 12.3 Å². The second kappa shape index (κ2) is 7.77. The molecule has 1 fully saturated rings. The number of nitrogens with one attached hydrogen (secondary N) is 1. The lowest BCUT2D eigenvalue weighted by Crippen LogP contribution is -2.26. The van der Waals surface area contributed by atoms with Gasteiger partial charge in [-0.15, -0.1) is 5.10 Å². The highest BCUT2D eigenvalue weighted by molar-refractivity contribution is 8.15. The van der Waals surface area contributed by atoms with Crippen molar-refractivity contribution in [3.05, 3.63) is 29.3 Å². The lowest BCUT2D eigenvalue weighted by atomic mass is 10.1. The first-order valence-corrected chi connectivity index (χ1v) is 7.91. The molecule has 1 aromatic rings. The summed E-state index contributed by atoms with van der Waals surface area (Å²) in [7, 11) is 0. The number of amidine groups is 1. The minimum Gasteiger partial charge on any atom is -0.494 e. The Bertz CT molecular complexity index is 673. The summed E-state index contributed by atoms with van der Waals surface area (Å²) in [6, 6.07) is 5.64. The molecule has 1 saturated heterocycles. The quantitative estimate of drug-likeness (QED) is 0.610. The van der Waals surface area contributed by atoms with E-state index in [2.05, 4.69) is 15.5 Å². The fourth-order valence-electron chi connectivity index (χ4n) is 1.96. The molecule has 0 aliphatic carbocycles. The monoisotopic (exact) mass is 335 g/mol. The zero-order valence-corrected chi connectivity index (χ0v) is 13.6. The van der Waals surface area contributed by atoms with Crippen LogP contribution in [0.1, 0.15) is 24.5 Å². The maximum atomic E-state index is 11.6. The number of aliphatic carboxylic acids is 1. The summed E-state index contributed by atoms with van der Waals surface area (Å²) < 4.78 is 5.46. The Morgan fingerprint density at radius 2 is 2.30 bits per heavy atom. The molecule has 2 N–H and O–H groups in total. The Hall–Kier alpha value is -2.35. The number of hydrogen-bond donors (Lipinski definition) is 2. The SMILES string of the molecule is CCOc1ccc(C=NN=C2NC(=O)C(CC(=O)O)S2)cc1C. The average Bonchev–Trinajstić information content (AvgIpc) is 2.81. The van der Waals surface area contributed by atoms with Crippen LogP contribution in [0.2, 0.25) is 0 Å². The van der Waals surface area contributed by atoms with E-state index in [1.54, 1.807) is 6.21 Å². The largest absolute Gasteiger partial charge is 0.494 e. The number of amides is 1. The number of carbonyl (C=O) groups is 2. The minimum absolute atomic E-state index is 0.239. The van der Waals surface area contributed by atoms with Crippen molar-refractivity contribution in [2.24, 2.45) is 10.2 Å². The molecule has 0 aromatic heterocycles. The first kappa shape index (κ1) is 17.0. The molecule has 0 bridgehead atoms. The fraction of sp³-hybridized carbons (Fsp3) is 0.333. The van der Waals surface area contributed by atoms with E-state index in [1.165, 1.54) is 0 Å². The number of carboxylic acids is 1. The van der Waals surface area contributed by atoms with Crippen molar-refractivity contribution in [2.45, 2.75) is 25.5 Å². The van der Waals surface area contributed by atoms with Crippen molar-refractivity contribution in [2.75, 3.05) is 6.61 Å². The lowest BCUT2D eigenvalue weighted by molar-refractivity contribution is -0.138. The van der Waals surface area contributed by atoms with Crippen LogP contribution < -0.4 is 10.1 Å². The predicted octanol–water partition coefficient (Wildman–Crippen LogP) is 1.79. The summed E-state index contributed by atoms with van der Waals surface area (Å²) in [6.45, 7) is 4.48. The van der Waals surface area contributed by atoms with Crippen molar-refractivity contribution in [1.29, 1.82) is 0 Å². The van der Waals surface area contributed by atoms with Gasteiger partial charge in [0.2, 0.25) is 5.91 Å². The Kier molecular flexibility index (Phi) is 5.75. The number of hydrogen-bond acceptors (Lipinski definition) is 6. The second-order valence-electron chi connectivity index (χ2n) is 4.80. The molecule has 7 nitrogen and oxygen atoms in total. The number of carbonyl (C=O) groups excluding carboxylic acids is 1. The highest BCUT2D eigenvalue weighted by Crippen LogP contribution is 2.22. The molecule has 1 unspecified atom stereocenters. The molecular weight excluding hydrogens is 318 g/mol. The molecule has 1 heterocycles. The van der Waals surface area contributed by atoms with Gasteiger partial charge in [0.25, 0.3) is 0 Å². The normalized spacial score (nSPS) is 19.3. The van der Waals surface area contributed by atoms with Crippen LogP contribution in [-0.2, 0) is 9.59 Å². The second-order valence-corrected chi connectivity index (χ2v) is 5.99. The number of nitrogens with zero attached hydrogens (tertiary/aromatic N) is 2. The molecule has 1 aliphatic rings. The molecule has 1 aliphatic heterocycles. The van der Waals surface area contributed by atoms with Gasteiger partial charge in [0, 0.05) is 0 Å². The van der Waals surface area contributed by atoms with Crippen molar-refractivity contribution in [1.82, 2.24) is 5.32 Å². The smallest absolute Gasteiger partial charge is 0.305 e. The maximum absolute atomic E-state index is 11.6. The molecule has 122 valence electrons. The van der Waals surface area contributed by atoms with Crippen molar-refractivity contribution >= 4 is 35.0 Å². The molecule has 23 heavy (non-hydrogen) atoms. The van der Waals surface area contributed by atoms with E-state index in [9.17, 15) is 9.59 Å². The molecule has 2 rings (SSSR count). The van der Waals surface area contributed by atoms with E-state index in [0.717, 1.165) is 28.6 Å². The number of benzene rings is 1. The van der Waals surface area contributed by atoms with Crippen molar-refractivity contribution in [3.8, 4) is 5.75 Å². The lowest BCUT2D eigenvalue weighted by Gasteiger charge is -2.06. The number of rotatable bonds is 6. The first-order valence-electron chi connectivity index (χ1n) is 7.03. The van der Waals surface area contributed by atoms with Gasteiger partial charge in [0.15, 0.2) is 5.17 Å². The van der Waals surface area contributed by atoms with Crippen LogP contribution in [0.15, 0.2) is 28.4 Å². The Morgan fingerprint density at radius 1 is 1.52 bits per heavy atom. The summed E-state index contributed by atoms with van der Waals surface area (Å²) >= 11 is 1.07. The number of ether oxygens (including phenoxy) is 1. The van der Waals surface area contributed by atoms with Crippen LogP contribution >= 0.6 is 11.8 Å². The number of aryl methyl sites for hydroxylation is 1. The summed E-state index contributed by atoms with van der Waals surface area (Å²) in [5.41, 5.74) is 1.85.